The lowest BCUT2D eigenvalue weighted by Gasteiger charge is -2.18. The van der Waals surface area contributed by atoms with Gasteiger partial charge in [-0.05, 0) is 29.7 Å². The zero-order valence-corrected chi connectivity index (χ0v) is 18.2. The van der Waals surface area contributed by atoms with Crippen LogP contribution in [0.25, 0.3) is 10.9 Å². The van der Waals surface area contributed by atoms with Gasteiger partial charge in [-0.2, -0.15) is 0 Å². The standard InChI is InChI=1S/C26H28N4O2/c1-32-16-15-27-24-12-11-19(17-30-24)13-14-28-25(20-7-3-2-4-8-20)26(31)22-18-29-23-10-6-5-9-21(22)23/h2-12,17-18,25,28-29H,13-16H2,1H3,(H,27,30)/t25-/m0/s1. The third-order valence-corrected chi connectivity index (χ3v) is 5.45. The highest BCUT2D eigenvalue weighted by Crippen LogP contribution is 2.24. The monoisotopic (exact) mass is 428 g/mol. The molecule has 0 radical (unpaired) electrons. The van der Waals surface area contributed by atoms with Crippen LogP contribution in [0, 0.1) is 0 Å². The number of Topliss-reactive ketones (excluding diaryl/α,β-unsaturated/α-hetero) is 1. The summed E-state index contributed by atoms with van der Waals surface area (Å²) in [6.07, 6.45) is 4.45. The smallest absolute Gasteiger partial charge is 0.186 e. The summed E-state index contributed by atoms with van der Waals surface area (Å²) in [7, 11) is 1.68. The fraction of sp³-hybridized carbons (Fsp3) is 0.231. The number of ether oxygens (including phenoxy) is 1. The number of fused-ring (bicyclic) bond motifs is 1. The summed E-state index contributed by atoms with van der Waals surface area (Å²) in [5.41, 5.74) is 3.74. The highest BCUT2D eigenvalue weighted by molar-refractivity contribution is 6.10. The maximum Gasteiger partial charge on any atom is 0.186 e. The van der Waals surface area contributed by atoms with Crippen molar-refractivity contribution in [3.8, 4) is 0 Å². The normalized spacial score (nSPS) is 12.0. The van der Waals surface area contributed by atoms with E-state index in [1.54, 1.807) is 7.11 Å². The van der Waals surface area contributed by atoms with Crippen molar-refractivity contribution in [1.29, 1.82) is 0 Å². The minimum atomic E-state index is -0.418. The van der Waals surface area contributed by atoms with Crippen molar-refractivity contribution >= 4 is 22.5 Å². The van der Waals surface area contributed by atoms with Gasteiger partial charge < -0.3 is 20.4 Å². The first kappa shape index (κ1) is 21.7. The number of nitrogens with one attached hydrogen (secondary N) is 3. The Bertz CT molecular complexity index is 1140. The number of nitrogens with zero attached hydrogens (tertiary/aromatic N) is 1. The van der Waals surface area contributed by atoms with Crippen molar-refractivity contribution in [3.63, 3.8) is 0 Å². The molecule has 0 amide bonds. The van der Waals surface area contributed by atoms with Crippen LogP contribution in [-0.2, 0) is 11.2 Å². The van der Waals surface area contributed by atoms with E-state index in [1.807, 2.05) is 73.1 Å². The van der Waals surface area contributed by atoms with Crippen LogP contribution in [0.2, 0.25) is 0 Å². The molecule has 4 aromatic rings. The number of H-pyrrole nitrogens is 1. The number of carbonyl (C=O) groups excluding carboxylic acids is 1. The van der Waals surface area contributed by atoms with E-state index in [1.165, 1.54) is 0 Å². The average Bonchev–Trinajstić information content (AvgIpc) is 3.27. The third-order valence-electron chi connectivity index (χ3n) is 5.45. The van der Waals surface area contributed by atoms with Crippen LogP contribution >= 0.6 is 0 Å². The zero-order valence-electron chi connectivity index (χ0n) is 18.2. The van der Waals surface area contributed by atoms with Gasteiger partial charge in [-0.3, -0.25) is 4.79 Å². The minimum absolute atomic E-state index is 0.0597. The van der Waals surface area contributed by atoms with Crippen molar-refractivity contribution in [2.24, 2.45) is 0 Å². The van der Waals surface area contributed by atoms with E-state index in [4.69, 9.17) is 4.74 Å². The number of pyridine rings is 1. The van der Waals surface area contributed by atoms with E-state index in [-0.39, 0.29) is 5.78 Å². The molecule has 164 valence electrons. The van der Waals surface area contributed by atoms with Crippen molar-refractivity contribution in [1.82, 2.24) is 15.3 Å². The Labute approximate surface area is 188 Å². The van der Waals surface area contributed by atoms with Gasteiger partial charge in [0.05, 0.1) is 12.6 Å². The van der Waals surface area contributed by atoms with Crippen molar-refractivity contribution in [3.05, 3.63) is 95.8 Å². The minimum Gasteiger partial charge on any atom is -0.383 e. The van der Waals surface area contributed by atoms with E-state index in [0.29, 0.717) is 18.7 Å². The van der Waals surface area contributed by atoms with Crippen LogP contribution < -0.4 is 10.6 Å². The highest BCUT2D eigenvalue weighted by atomic mass is 16.5. The quantitative estimate of drug-likeness (QED) is 0.244. The molecule has 2 aromatic heterocycles. The number of hydrogen-bond acceptors (Lipinski definition) is 5. The fourth-order valence-corrected chi connectivity index (χ4v) is 3.76. The van der Waals surface area contributed by atoms with E-state index >= 15 is 0 Å². The number of aromatic nitrogens is 2. The highest BCUT2D eigenvalue weighted by Gasteiger charge is 2.23. The van der Waals surface area contributed by atoms with Crippen LogP contribution in [0.4, 0.5) is 5.82 Å². The van der Waals surface area contributed by atoms with Gasteiger partial charge in [0.25, 0.3) is 0 Å². The third kappa shape index (κ3) is 5.22. The molecule has 32 heavy (non-hydrogen) atoms. The number of methoxy groups -OCH3 is 1. The van der Waals surface area contributed by atoms with Crippen molar-refractivity contribution in [2.45, 2.75) is 12.5 Å². The second-order valence-corrected chi connectivity index (χ2v) is 7.63. The molecule has 0 aliphatic carbocycles. The van der Waals surface area contributed by atoms with Crippen LogP contribution in [0.3, 0.4) is 0 Å². The Morgan fingerprint density at radius 3 is 2.62 bits per heavy atom. The number of hydrogen-bond donors (Lipinski definition) is 3. The van der Waals surface area contributed by atoms with Gasteiger partial charge in [0.1, 0.15) is 5.82 Å². The van der Waals surface area contributed by atoms with E-state index in [2.05, 4.69) is 26.7 Å². The molecule has 2 heterocycles. The Morgan fingerprint density at radius 1 is 1.03 bits per heavy atom. The first-order chi connectivity index (χ1) is 15.8. The molecule has 4 rings (SSSR count). The van der Waals surface area contributed by atoms with Gasteiger partial charge in [-0.15, -0.1) is 0 Å². The van der Waals surface area contributed by atoms with Crippen LogP contribution in [0.5, 0.6) is 0 Å². The summed E-state index contributed by atoms with van der Waals surface area (Å²) >= 11 is 0. The number of ketones is 1. The van der Waals surface area contributed by atoms with Crippen LogP contribution in [0.15, 0.2) is 79.1 Å². The fourth-order valence-electron chi connectivity index (χ4n) is 3.76. The summed E-state index contributed by atoms with van der Waals surface area (Å²) in [6.45, 7) is 2.02. The lowest BCUT2D eigenvalue weighted by molar-refractivity contribution is 0.0945. The Morgan fingerprint density at radius 2 is 1.84 bits per heavy atom. The summed E-state index contributed by atoms with van der Waals surface area (Å²) in [6, 6.07) is 21.4. The predicted octanol–water partition coefficient (Wildman–Crippen LogP) is 4.38. The zero-order chi connectivity index (χ0) is 22.2. The first-order valence-corrected chi connectivity index (χ1v) is 10.8. The van der Waals surface area contributed by atoms with Gasteiger partial charge in [0, 0.05) is 49.1 Å². The van der Waals surface area contributed by atoms with E-state index in [9.17, 15) is 4.79 Å². The number of anilines is 1. The second kappa shape index (κ2) is 10.7. The molecule has 6 heteroatoms. The SMILES string of the molecule is COCCNc1ccc(CCN[C@H](C(=O)c2c[nH]c3ccccc23)c2ccccc2)cn1. The molecule has 0 spiro atoms. The number of benzene rings is 2. The van der Waals surface area contributed by atoms with Gasteiger partial charge in [-0.1, -0.05) is 54.6 Å². The van der Waals surface area contributed by atoms with Gasteiger partial charge in [0.15, 0.2) is 5.78 Å². The molecular formula is C26H28N4O2. The van der Waals surface area contributed by atoms with Gasteiger partial charge in [-0.25, -0.2) is 4.98 Å². The molecule has 0 aliphatic rings. The number of rotatable bonds is 11. The first-order valence-electron chi connectivity index (χ1n) is 10.8. The Balaban J connectivity index is 1.44. The van der Waals surface area contributed by atoms with Gasteiger partial charge in [0.2, 0.25) is 0 Å². The maximum absolute atomic E-state index is 13.5. The number of aromatic amines is 1. The van der Waals surface area contributed by atoms with Crippen molar-refractivity contribution < 1.29 is 9.53 Å². The van der Waals surface area contributed by atoms with Gasteiger partial charge >= 0.3 is 0 Å². The Hall–Kier alpha value is -3.48. The maximum atomic E-state index is 13.5. The average molecular weight is 429 g/mol. The molecule has 3 N–H and O–H groups in total. The molecule has 0 saturated heterocycles. The second-order valence-electron chi connectivity index (χ2n) is 7.63. The summed E-state index contributed by atoms with van der Waals surface area (Å²) < 4.78 is 5.04. The molecule has 0 aliphatic heterocycles. The lowest BCUT2D eigenvalue weighted by atomic mass is 9.96. The number of para-hydroxylation sites is 1. The summed E-state index contributed by atoms with van der Waals surface area (Å²) in [5.74, 6) is 0.889. The number of carbonyl (C=O) groups is 1. The van der Waals surface area contributed by atoms with Crippen LogP contribution in [-0.4, -0.2) is 42.6 Å². The van der Waals surface area contributed by atoms with Crippen molar-refractivity contribution in [2.75, 3.05) is 32.1 Å². The van der Waals surface area contributed by atoms with E-state index in [0.717, 1.165) is 40.8 Å². The molecule has 0 unspecified atom stereocenters. The van der Waals surface area contributed by atoms with E-state index < -0.39 is 6.04 Å². The summed E-state index contributed by atoms with van der Waals surface area (Å²) in [5, 5.41) is 7.63. The molecule has 1 atom stereocenters. The molecule has 0 saturated carbocycles. The molecule has 0 bridgehead atoms. The Kier molecular flexibility index (Phi) is 7.27. The molecule has 2 aromatic carbocycles. The molecule has 6 nitrogen and oxygen atoms in total. The summed E-state index contributed by atoms with van der Waals surface area (Å²) in [4.78, 5) is 21.2. The molecule has 0 fully saturated rings. The lowest BCUT2D eigenvalue weighted by Crippen LogP contribution is -2.30. The topological polar surface area (TPSA) is 79.0 Å². The largest absolute Gasteiger partial charge is 0.383 e. The van der Waals surface area contributed by atoms with Crippen LogP contribution in [0.1, 0.15) is 27.5 Å². The molecular weight excluding hydrogens is 400 g/mol. The predicted molar refractivity (Wildman–Crippen MR) is 128 cm³/mol.